The Hall–Kier alpha value is -2.43. The minimum Gasteiger partial charge on any atom is -0.495 e. The molecule has 0 aliphatic carbocycles. The lowest BCUT2D eigenvalue weighted by Crippen LogP contribution is -1.83. The van der Waals surface area contributed by atoms with E-state index in [2.05, 4.69) is 10.1 Å². The van der Waals surface area contributed by atoms with Gasteiger partial charge in [0.1, 0.15) is 11.4 Å². The summed E-state index contributed by atoms with van der Waals surface area (Å²) < 4.78 is 10.1. The highest BCUT2D eigenvalue weighted by atomic mass is 16.5. The van der Waals surface area contributed by atoms with E-state index in [0.717, 1.165) is 22.3 Å². The quantitative estimate of drug-likeness (QED) is 0.707. The zero-order chi connectivity index (χ0) is 11.8. The van der Waals surface area contributed by atoms with Gasteiger partial charge in [0.05, 0.1) is 18.3 Å². The molecule has 0 aliphatic rings. The number of fused-ring (bicyclic) bond motifs is 1. The van der Waals surface area contributed by atoms with E-state index in [0.29, 0.717) is 11.6 Å². The van der Waals surface area contributed by atoms with Crippen LogP contribution in [-0.4, -0.2) is 17.3 Å². The molecule has 0 fully saturated rings. The van der Waals surface area contributed by atoms with E-state index >= 15 is 0 Å². The summed E-state index contributed by atoms with van der Waals surface area (Å²) in [5, 5.41) is 4.92. The molecular formula is C12H11N3O2. The van der Waals surface area contributed by atoms with E-state index in [1.54, 1.807) is 13.2 Å². The molecule has 0 atom stereocenters. The smallest absolute Gasteiger partial charge is 0.222 e. The van der Waals surface area contributed by atoms with Crippen LogP contribution in [0.1, 0.15) is 0 Å². The molecule has 0 radical (unpaired) electrons. The number of hydrogen-bond acceptors (Lipinski definition) is 4. The highest BCUT2D eigenvalue weighted by Crippen LogP contribution is 2.29. The molecule has 3 rings (SSSR count). The van der Waals surface area contributed by atoms with Crippen molar-refractivity contribution in [1.82, 2.24) is 10.1 Å². The second kappa shape index (κ2) is 3.55. The van der Waals surface area contributed by atoms with Crippen molar-refractivity contribution in [3.05, 3.63) is 30.3 Å². The molecule has 0 saturated heterocycles. The Kier molecular flexibility index (Phi) is 2.04. The van der Waals surface area contributed by atoms with Crippen molar-refractivity contribution < 1.29 is 9.26 Å². The summed E-state index contributed by atoms with van der Waals surface area (Å²) in [5.74, 6) is 1.09. The summed E-state index contributed by atoms with van der Waals surface area (Å²) in [6, 6.07) is 9.50. The summed E-state index contributed by atoms with van der Waals surface area (Å²) in [7, 11) is 1.64. The molecule has 5 heteroatoms. The molecule has 0 bridgehead atoms. The molecule has 2 aromatic heterocycles. The molecular weight excluding hydrogens is 218 g/mol. The van der Waals surface area contributed by atoms with Crippen LogP contribution in [0.2, 0.25) is 0 Å². The number of H-pyrrole nitrogens is 1. The maximum absolute atomic E-state index is 5.50. The van der Waals surface area contributed by atoms with Crippen LogP contribution >= 0.6 is 0 Å². The second-order valence-corrected chi connectivity index (χ2v) is 3.72. The van der Waals surface area contributed by atoms with Crippen LogP contribution in [0.15, 0.2) is 34.9 Å². The van der Waals surface area contributed by atoms with E-state index in [4.69, 9.17) is 15.0 Å². The lowest BCUT2D eigenvalue weighted by Gasteiger charge is -1.99. The average Bonchev–Trinajstić information content (AvgIpc) is 2.93. The molecule has 86 valence electrons. The Morgan fingerprint density at radius 1 is 1.35 bits per heavy atom. The average molecular weight is 229 g/mol. The fourth-order valence-electron chi connectivity index (χ4n) is 1.85. The monoisotopic (exact) mass is 229 g/mol. The van der Waals surface area contributed by atoms with E-state index in [1.807, 2.05) is 24.3 Å². The third kappa shape index (κ3) is 1.52. The zero-order valence-electron chi connectivity index (χ0n) is 9.23. The number of hydrogen-bond donors (Lipinski definition) is 2. The molecule has 0 amide bonds. The number of aromatic amines is 1. The lowest BCUT2D eigenvalue weighted by molar-refractivity contribution is 0.419. The third-order valence-electron chi connectivity index (χ3n) is 2.64. The van der Waals surface area contributed by atoms with Gasteiger partial charge in [-0.2, -0.15) is 0 Å². The van der Waals surface area contributed by atoms with Crippen molar-refractivity contribution in [3.8, 4) is 17.1 Å². The van der Waals surface area contributed by atoms with E-state index < -0.39 is 0 Å². The van der Waals surface area contributed by atoms with Gasteiger partial charge in [-0.1, -0.05) is 17.3 Å². The van der Waals surface area contributed by atoms with Crippen molar-refractivity contribution in [2.24, 2.45) is 0 Å². The van der Waals surface area contributed by atoms with Gasteiger partial charge in [-0.15, -0.1) is 0 Å². The van der Waals surface area contributed by atoms with Gasteiger partial charge in [-0.25, -0.2) is 0 Å². The molecule has 0 saturated carbocycles. The van der Waals surface area contributed by atoms with Gasteiger partial charge in [-0.3, -0.25) is 0 Å². The number of nitrogens with zero attached hydrogens (tertiary/aromatic N) is 1. The predicted molar refractivity (Wildman–Crippen MR) is 64.8 cm³/mol. The minimum atomic E-state index is 0.297. The van der Waals surface area contributed by atoms with E-state index in [1.165, 1.54) is 0 Å². The Morgan fingerprint density at radius 2 is 2.24 bits per heavy atom. The fraction of sp³-hybridized carbons (Fsp3) is 0.0833. The van der Waals surface area contributed by atoms with Crippen LogP contribution in [0, 0.1) is 0 Å². The number of anilines is 1. The van der Waals surface area contributed by atoms with Gasteiger partial charge < -0.3 is 20.0 Å². The number of rotatable bonds is 2. The Balaban J connectivity index is 2.19. The van der Waals surface area contributed by atoms with Gasteiger partial charge in [-0.05, 0) is 12.1 Å². The van der Waals surface area contributed by atoms with E-state index in [9.17, 15) is 0 Å². The summed E-state index contributed by atoms with van der Waals surface area (Å²) in [6.45, 7) is 0. The number of methoxy groups -OCH3 is 1. The molecule has 5 nitrogen and oxygen atoms in total. The van der Waals surface area contributed by atoms with E-state index in [-0.39, 0.29) is 0 Å². The van der Waals surface area contributed by atoms with Crippen LogP contribution < -0.4 is 10.5 Å². The fourth-order valence-corrected chi connectivity index (χ4v) is 1.85. The van der Waals surface area contributed by atoms with Crippen molar-refractivity contribution in [2.75, 3.05) is 12.8 Å². The Labute approximate surface area is 97.2 Å². The van der Waals surface area contributed by atoms with Crippen LogP contribution in [0.5, 0.6) is 5.75 Å². The van der Waals surface area contributed by atoms with Gasteiger partial charge in [0.2, 0.25) is 5.88 Å². The van der Waals surface area contributed by atoms with Gasteiger partial charge in [0, 0.05) is 11.5 Å². The highest BCUT2D eigenvalue weighted by molar-refractivity contribution is 5.89. The molecule has 2 heterocycles. The van der Waals surface area contributed by atoms with Gasteiger partial charge in [0.15, 0.2) is 0 Å². The standard InChI is InChI=1S/C12H11N3O2/c1-16-10-4-2-3-7-5-8(14-12(7)10)9-6-11(13)17-15-9/h2-6,14H,13H2,1H3. The van der Waals surface area contributed by atoms with Crippen LogP contribution in [0.3, 0.4) is 0 Å². The first-order valence-corrected chi connectivity index (χ1v) is 5.16. The number of nitrogens with two attached hydrogens (primary N) is 1. The normalized spacial score (nSPS) is 10.9. The zero-order valence-corrected chi connectivity index (χ0v) is 9.23. The van der Waals surface area contributed by atoms with Gasteiger partial charge >= 0.3 is 0 Å². The van der Waals surface area contributed by atoms with Crippen molar-refractivity contribution in [3.63, 3.8) is 0 Å². The van der Waals surface area contributed by atoms with Crippen molar-refractivity contribution in [1.29, 1.82) is 0 Å². The molecule has 3 aromatic rings. The minimum absolute atomic E-state index is 0.297. The third-order valence-corrected chi connectivity index (χ3v) is 2.64. The first-order valence-electron chi connectivity index (χ1n) is 5.16. The maximum atomic E-state index is 5.50. The predicted octanol–water partition coefficient (Wildman–Crippen LogP) is 2.41. The Bertz CT molecular complexity index is 669. The summed E-state index contributed by atoms with van der Waals surface area (Å²) in [5.41, 5.74) is 7.97. The lowest BCUT2D eigenvalue weighted by atomic mass is 10.2. The maximum Gasteiger partial charge on any atom is 0.222 e. The molecule has 0 aliphatic heterocycles. The van der Waals surface area contributed by atoms with Crippen LogP contribution in [-0.2, 0) is 0 Å². The number of para-hydroxylation sites is 1. The second-order valence-electron chi connectivity index (χ2n) is 3.72. The first-order chi connectivity index (χ1) is 8.28. The van der Waals surface area contributed by atoms with Gasteiger partial charge in [0.25, 0.3) is 0 Å². The molecule has 1 aromatic carbocycles. The number of ether oxygens (including phenoxy) is 1. The number of nitrogens with one attached hydrogen (secondary N) is 1. The largest absolute Gasteiger partial charge is 0.495 e. The van der Waals surface area contributed by atoms with Crippen molar-refractivity contribution in [2.45, 2.75) is 0 Å². The van der Waals surface area contributed by atoms with Crippen LogP contribution in [0.25, 0.3) is 22.3 Å². The number of nitrogen functional groups attached to an aromatic ring is 1. The van der Waals surface area contributed by atoms with Crippen LogP contribution in [0.4, 0.5) is 5.88 Å². The SMILES string of the molecule is COc1cccc2cc(-c3cc(N)on3)[nH]c12. The molecule has 0 unspecified atom stereocenters. The Morgan fingerprint density at radius 3 is 2.94 bits per heavy atom. The van der Waals surface area contributed by atoms with Crippen molar-refractivity contribution >= 4 is 16.8 Å². The molecule has 17 heavy (non-hydrogen) atoms. The molecule has 0 spiro atoms. The number of aromatic nitrogens is 2. The first kappa shape index (κ1) is 9.77. The summed E-state index contributed by atoms with van der Waals surface area (Å²) in [4.78, 5) is 3.24. The summed E-state index contributed by atoms with van der Waals surface area (Å²) in [6.07, 6.45) is 0. The number of benzene rings is 1. The summed E-state index contributed by atoms with van der Waals surface area (Å²) >= 11 is 0. The topological polar surface area (TPSA) is 77.1 Å². The highest BCUT2D eigenvalue weighted by Gasteiger charge is 2.10. The molecule has 3 N–H and O–H groups in total.